The molecule has 0 aliphatic heterocycles. The van der Waals surface area contributed by atoms with Crippen LogP contribution in [0.4, 0.5) is 4.39 Å². The topological polar surface area (TPSA) is 23.8 Å². The van der Waals surface area contributed by atoms with Crippen molar-refractivity contribution in [2.75, 3.05) is 0 Å². The molecule has 0 saturated carbocycles. The van der Waals surface area contributed by atoms with Gasteiger partial charge in [-0.1, -0.05) is 11.6 Å². The quantitative estimate of drug-likeness (QED) is 0.565. The first-order valence-corrected chi connectivity index (χ1v) is 3.69. The summed E-state index contributed by atoms with van der Waals surface area (Å²) in [6, 6.07) is 2.13. The van der Waals surface area contributed by atoms with E-state index in [1.165, 1.54) is 6.08 Å². The van der Waals surface area contributed by atoms with E-state index in [1.54, 1.807) is 6.08 Å². The standard InChI is InChI=1S/C9H10FN/c1-7(6-11)8-2-4-9(10)5-3-8/h2,4,7H,3,5H2,1H3. The van der Waals surface area contributed by atoms with Gasteiger partial charge in [-0.05, 0) is 19.4 Å². The number of nitriles is 1. The van der Waals surface area contributed by atoms with Crippen molar-refractivity contribution in [1.82, 2.24) is 0 Å². The Morgan fingerprint density at radius 1 is 1.55 bits per heavy atom. The highest BCUT2D eigenvalue weighted by Gasteiger charge is 2.10. The van der Waals surface area contributed by atoms with Crippen molar-refractivity contribution >= 4 is 0 Å². The zero-order valence-electron chi connectivity index (χ0n) is 6.47. The lowest BCUT2D eigenvalue weighted by Crippen LogP contribution is -1.99. The Bertz CT molecular complexity index is 245. The summed E-state index contributed by atoms with van der Waals surface area (Å²) in [5.41, 5.74) is 1.04. The van der Waals surface area contributed by atoms with E-state index in [-0.39, 0.29) is 11.7 Å². The van der Waals surface area contributed by atoms with Gasteiger partial charge in [-0.15, -0.1) is 0 Å². The lowest BCUT2D eigenvalue weighted by Gasteiger charge is -2.10. The Morgan fingerprint density at radius 2 is 2.27 bits per heavy atom. The first-order chi connectivity index (χ1) is 5.24. The minimum absolute atomic E-state index is 0.0700. The molecular weight excluding hydrogens is 141 g/mol. The molecule has 11 heavy (non-hydrogen) atoms. The predicted molar refractivity (Wildman–Crippen MR) is 41.3 cm³/mol. The molecular formula is C9H10FN. The van der Waals surface area contributed by atoms with Crippen molar-refractivity contribution in [2.45, 2.75) is 19.8 Å². The SMILES string of the molecule is CC(C#N)C1=CC=C(F)CC1. The maximum Gasteiger partial charge on any atom is 0.100 e. The highest BCUT2D eigenvalue weighted by Crippen LogP contribution is 2.23. The highest BCUT2D eigenvalue weighted by molar-refractivity contribution is 5.25. The third-order valence-corrected chi connectivity index (χ3v) is 1.88. The molecule has 0 saturated heterocycles. The molecule has 1 rings (SSSR count). The molecule has 2 heteroatoms. The zero-order valence-corrected chi connectivity index (χ0v) is 6.47. The second kappa shape index (κ2) is 3.34. The summed E-state index contributed by atoms with van der Waals surface area (Å²) < 4.78 is 12.5. The smallest absolute Gasteiger partial charge is 0.100 e. The van der Waals surface area contributed by atoms with Crippen LogP contribution in [0.15, 0.2) is 23.6 Å². The molecule has 58 valence electrons. The molecule has 1 aliphatic carbocycles. The summed E-state index contributed by atoms with van der Waals surface area (Å²) >= 11 is 0. The van der Waals surface area contributed by atoms with Gasteiger partial charge < -0.3 is 0 Å². The summed E-state index contributed by atoms with van der Waals surface area (Å²) in [5, 5.41) is 8.55. The summed E-state index contributed by atoms with van der Waals surface area (Å²) in [5.74, 6) is -0.154. The summed E-state index contributed by atoms with van der Waals surface area (Å²) in [7, 11) is 0. The van der Waals surface area contributed by atoms with Crippen molar-refractivity contribution in [3.8, 4) is 6.07 Å². The molecule has 1 atom stereocenters. The van der Waals surface area contributed by atoms with Crippen LogP contribution in [0.25, 0.3) is 0 Å². The van der Waals surface area contributed by atoms with E-state index in [9.17, 15) is 4.39 Å². The molecule has 0 fully saturated rings. The van der Waals surface area contributed by atoms with Crippen LogP contribution in [-0.2, 0) is 0 Å². The van der Waals surface area contributed by atoms with Crippen LogP contribution in [-0.4, -0.2) is 0 Å². The van der Waals surface area contributed by atoms with Crippen LogP contribution in [0.3, 0.4) is 0 Å². The van der Waals surface area contributed by atoms with E-state index in [0.29, 0.717) is 12.8 Å². The number of hydrogen-bond acceptors (Lipinski definition) is 1. The van der Waals surface area contributed by atoms with Gasteiger partial charge in [0.05, 0.1) is 12.0 Å². The second-order valence-electron chi connectivity index (χ2n) is 2.71. The minimum Gasteiger partial charge on any atom is -0.212 e. The Hall–Kier alpha value is -1.10. The Balaban J connectivity index is 2.70. The molecule has 0 spiro atoms. The van der Waals surface area contributed by atoms with Crippen molar-refractivity contribution in [2.24, 2.45) is 5.92 Å². The lowest BCUT2D eigenvalue weighted by molar-refractivity contribution is 0.572. The molecule has 1 nitrogen and oxygen atoms in total. The van der Waals surface area contributed by atoms with Crippen molar-refractivity contribution in [3.63, 3.8) is 0 Å². The van der Waals surface area contributed by atoms with E-state index in [0.717, 1.165) is 5.57 Å². The number of halogens is 1. The molecule has 1 aliphatic rings. The molecule has 0 amide bonds. The molecule has 0 aromatic heterocycles. The van der Waals surface area contributed by atoms with Crippen molar-refractivity contribution in [3.05, 3.63) is 23.6 Å². The van der Waals surface area contributed by atoms with Gasteiger partial charge in [0.15, 0.2) is 0 Å². The molecule has 0 heterocycles. The van der Waals surface area contributed by atoms with Crippen LogP contribution < -0.4 is 0 Å². The normalized spacial score (nSPS) is 19.7. The third kappa shape index (κ3) is 1.91. The maximum absolute atomic E-state index is 12.5. The maximum atomic E-state index is 12.5. The molecule has 0 aromatic carbocycles. The van der Waals surface area contributed by atoms with Crippen LogP contribution in [0, 0.1) is 17.2 Å². The van der Waals surface area contributed by atoms with Crippen LogP contribution in [0.5, 0.6) is 0 Å². The molecule has 1 unspecified atom stereocenters. The van der Waals surface area contributed by atoms with E-state index >= 15 is 0 Å². The molecule has 0 radical (unpaired) electrons. The second-order valence-corrected chi connectivity index (χ2v) is 2.71. The monoisotopic (exact) mass is 151 g/mol. The van der Waals surface area contributed by atoms with Gasteiger partial charge in [-0.25, -0.2) is 4.39 Å². The first kappa shape index (κ1) is 8.00. The largest absolute Gasteiger partial charge is 0.212 e. The van der Waals surface area contributed by atoms with Gasteiger partial charge in [0.1, 0.15) is 5.83 Å². The predicted octanol–water partition coefficient (Wildman–Crippen LogP) is 2.72. The Morgan fingerprint density at radius 3 is 2.73 bits per heavy atom. The number of rotatable bonds is 1. The van der Waals surface area contributed by atoms with Gasteiger partial charge in [0.2, 0.25) is 0 Å². The van der Waals surface area contributed by atoms with Gasteiger partial charge in [-0.2, -0.15) is 5.26 Å². The number of allylic oxidation sites excluding steroid dienone is 4. The summed E-state index contributed by atoms with van der Waals surface area (Å²) in [4.78, 5) is 0. The van der Waals surface area contributed by atoms with Crippen molar-refractivity contribution in [1.29, 1.82) is 5.26 Å². The number of hydrogen-bond donors (Lipinski definition) is 0. The lowest BCUT2D eigenvalue weighted by atomic mass is 9.94. The summed E-state index contributed by atoms with van der Waals surface area (Å²) in [6.45, 7) is 1.84. The molecule has 0 N–H and O–H groups in total. The van der Waals surface area contributed by atoms with Crippen LogP contribution >= 0.6 is 0 Å². The highest BCUT2D eigenvalue weighted by atomic mass is 19.1. The Labute approximate surface area is 65.8 Å². The van der Waals surface area contributed by atoms with Crippen LogP contribution in [0.1, 0.15) is 19.8 Å². The fourth-order valence-electron chi connectivity index (χ4n) is 1.07. The molecule has 0 aromatic rings. The van der Waals surface area contributed by atoms with Crippen LogP contribution in [0.2, 0.25) is 0 Å². The average Bonchev–Trinajstić information content (AvgIpc) is 2.05. The van der Waals surface area contributed by atoms with Gasteiger partial charge >= 0.3 is 0 Å². The minimum atomic E-state index is -0.0844. The molecule has 0 bridgehead atoms. The van der Waals surface area contributed by atoms with E-state index in [2.05, 4.69) is 6.07 Å². The van der Waals surface area contributed by atoms with Crippen molar-refractivity contribution < 1.29 is 4.39 Å². The van der Waals surface area contributed by atoms with Gasteiger partial charge in [-0.3, -0.25) is 0 Å². The zero-order chi connectivity index (χ0) is 8.27. The third-order valence-electron chi connectivity index (χ3n) is 1.88. The fraction of sp³-hybridized carbons (Fsp3) is 0.444. The van der Waals surface area contributed by atoms with E-state index in [1.807, 2.05) is 6.92 Å². The number of nitrogens with zero attached hydrogens (tertiary/aromatic N) is 1. The van der Waals surface area contributed by atoms with E-state index < -0.39 is 0 Å². The fourth-order valence-corrected chi connectivity index (χ4v) is 1.07. The van der Waals surface area contributed by atoms with Gasteiger partial charge in [0.25, 0.3) is 0 Å². The first-order valence-electron chi connectivity index (χ1n) is 3.69. The van der Waals surface area contributed by atoms with E-state index in [4.69, 9.17) is 5.26 Å². The van der Waals surface area contributed by atoms with Gasteiger partial charge in [0, 0.05) is 6.42 Å². The average molecular weight is 151 g/mol. The Kier molecular flexibility index (Phi) is 2.43. The summed E-state index contributed by atoms with van der Waals surface area (Å²) in [6.07, 6.45) is 4.31.